The quantitative estimate of drug-likeness (QED) is 0.0611. The number of amides is 2. The number of nitrogens with zero attached hydrogens (tertiary/aromatic N) is 1. The van der Waals surface area contributed by atoms with Crippen LogP contribution < -0.4 is 10.6 Å². The zero-order valence-electron chi connectivity index (χ0n) is 35.7. The second-order valence-electron chi connectivity index (χ2n) is 16.0. The van der Waals surface area contributed by atoms with Crippen LogP contribution in [0.3, 0.4) is 0 Å². The smallest absolute Gasteiger partial charge is 0.221 e. The van der Waals surface area contributed by atoms with E-state index in [1.54, 1.807) is 7.11 Å². The van der Waals surface area contributed by atoms with E-state index in [4.69, 9.17) is 4.74 Å². The molecule has 0 aliphatic rings. The number of ether oxygens (including phenoxy) is 1. The van der Waals surface area contributed by atoms with Crippen LogP contribution in [0.4, 0.5) is 0 Å². The van der Waals surface area contributed by atoms with Gasteiger partial charge in [0.25, 0.3) is 0 Å². The molecule has 0 aliphatic carbocycles. The van der Waals surface area contributed by atoms with E-state index in [-0.39, 0.29) is 11.8 Å². The number of hydrogen-bond donors (Lipinski definition) is 2. The highest BCUT2D eigenvalue weighted by atomic mass is 16.5. The summed E-state index contributed by atoms with van der Waals surface area (Å²) in [6, 6.07) is 0. The summed E-state index contributed by atoms with van der Waals surface area (Å²) in [7, 11) is 1.72. The summed E-state index contributed by atoms with van der Waals surface area (Å²) in [5.41, 5.74) is 0. The Hall–Kier alpha value is -1.14. The number of rotatable bonds is 44. The zero-order chi connectivity index (χ0) is 37.8. The lowest BCUT2D eigenvalue weighted by Crippen LogP contribution is -2.35. The molecule has 310 valence electrons. The van der Waals surface area contributed by atoms with Crippen LogP contribution in [-0.4, -0.2) is 63.2 Å². The van der Waals surface area contributed by atoms with Crippen LogP contribution >= 0.6 is 0 Å². The normalized spacial score (nSPS) is 11.5. The summed E-state index contributed by atoms with van der Waals surface area (Å²) >= 11 is 0. The number of carbonyl (C=O) groups is 2. The van der Waals surface area contributed by atoms with Gasteiger partial charge in [0.2, 0.25) is 11.8 Å². The number of unbranched alkanes of at least 4 members (excludes halogenated alkanes) is 30. The van der Waals surface area contributed by atoms with Gasteiger partial charge in [-0.15, -0.1) is 0 Å². The average Bonchev–Trinajstić information content (AvgIpc) is 3.15. The first-order valence-electron chi connectivity index (χ1n) is 23.4. The van der Waals surface area contributed by atoms with Gasteiger partial charge in [0.15, 0.2) is 0 Å². The van der Waals surface area contributed by atoms with E-state index in [0.717, 1.165) is 38.9 Å². The fraction of sp³-hybridized carbons (Fsp3) is 0.957. The van der Waals surface area contributed by atoms with Gasteiger partial charge in [-0.2, -0.15) is 0 Å². The van der Waals surface area contributed by atoms with Gasteiger partial charge in [-0.05, 0) is 19.3 Å². The molecule has 6 nitrogen and oxygen atoms in total. The minimum atomic E-state index is 0.130. The Morgan fingerprint density at radius 2 is 0.654 bits per heavy atom. The maximum absolute atomic E-state index is 12.5. The molecule has 0 atom stereocenters. The molecular formula is C46H93N3O3. The molecule has 0 aromatic heterocycles. The monoisotopic (exact) mass is 736 g/mol. The number of nitrogens with one attached hydrogen (secondary N) is 2. The molecule has 0 radical (unpaired) electrons. The molecule has 0 heterocycles. The Morgan fingerprint density at radius 3 is 0.923 bits per heavy atom. The van der Waals surface area contributed by atoms with Crippen molar-refractivity contribution in [3.8, 4) is 0 Å². The van der Waals surface area contributed by atoms with Crippen molar-refractivity contribution in [2.75, 3.05) is 46.4 Å². The molecule has 0 spiro atoms. The third kappa shape index (κ3) is 41.6. The molecule has 0 aliphatic heterocycles. The van der Waals surface area contributed by atoms with Gasteiger partial charge < -0.3 is 20.3 Å². The Bertz CT molecular complexity index is 665. The summed E-state index contributed by atoms with van der Waals surface area (Å²) in [5.74, 6) is 0.260. The van der Waals surface area contributed by atoms with Crippen LogP contribution in [0.15, 0.2) is 0 Å². The molecular weight excluding hydrogens is 643 g/mol. The van der Waals surface area contributed by atoms with Crippen molar-refractivity contribution in [2.45, 2.75) is 239 Å². The SMILES string of the molecule is CCCCCCCCCCCCCCCCCCNC(=O)CCN(CCCOC)CCC(=O)NCCCCCCCCCCCCCCCCCC. The predicted octanol–water partition coefficient (Wildman–Crippen LogP) is 12.9. The van der Waals surface area contributed by atoms with Crippen LogP contribution in [0.5, 0.6) is 0 Å². The highest BCUT2D eigenvalue weighted by Gasteiger charge is 2.11. The van der Waals surface area contributed by atoms with E-state index in [9.17, 15) is 9.59 Å². The van der Waals surface area contributed by atoms with Crippen LogP contribution in [0, 0.1) is 0 Å². The maximum Gasteiger partial charge on any atom is 0.221 e. The first-order valence-corrected chi connectivity index (χ1v) is 23.4. The lowest BCUT2D eigenvalue weighted by molar-refractivity contribution is -0.121. The largest absolute Gasteiger partial charge is 0.385 e. The molecule has 2 amide bonds. The van der Waals surface area contributed by atoms with Crippen LogP contribution in [0.25, 0.3) is 0 Å². The second kappa shape index (κ2) is 44.3. The van der Waals surface area contributed by atoms with Gasteiger partial charge in [-0.1, -0.05) is 206 Å². The van der Waals surface area contributed by atoms with E-state index >= 15 is 0 Å². The van der Waals surface area contributed by atoms with Crippen molar-refractivity contribution in [3.05, 3.63) is 0 Å². The van der Waals surface area contributed by atoms with Gasteiger partial charge in [-0.3, -0.25) is 9.59 Å². The third-order valence-electron chi connectivity index (χ3n) is 10.8. The van der Waals surface area contributed by atoms with Gasteiger partial charge in [0.05, 0.1) is 0 Å². The Balaban J connectivity index is 3.71. The molecule has 0 rings (SSSR count). The molecule has 0 bridgehead atoms. The topological polar surface area (TPSA) is 70.7 Å². The van der Waals surface area contributed by atoms with Crippen molar-refractivity contribution in [1.29, 1.82) is 0 Å². The van der Waals surface area contributed by atoms with Crippen LogP contribution in [-0.2, 0) is 14.3 Å². The fourth-order valence-electron chi connectivity index (χ4n) is 7.27. The Morgan fingerprint density at radius 1 is 0.385 bits per heavy atom. The van der Waals surface area contributed by atoms with E-state index in [1.807, 2.05) is 0 Å². The zero-order valence-corrected chi connectivity index (χ0v) is 35.7. The standard InChI is InChI=1S/C46H93N3O3/c1-4-6-8-10-12-14-16-18-20-22-24-26-28-30-32-34-39-47-45(50)37-42-49(41-36-44-52-3)43-38-46(51)48-40-35-33-31-29-27-25-23-21-19-17-15-13-11-9-7-5-2/h4-44H2,1-3H3,(H,47,50)(H,48,51). The molecule has 0 aromatic rings. The van der Waals surface area contributed by atoms with Crippen molar-refractivity contribution < 1.29 is 14.3 Å². The molecule has 0 saturated carbocycles. The number of carbonyl (C=O) groups excluding carboxylic acids is 2. The Kier molecular flexibility index (Phi) is 43.3. The summed E-state index contributed by atoms with van der Waals surface area (Å²) < 4.78 is 5.24. The summed E-state index contributed by atoms with van der Waals surface area (Å²) in [4.78, 5) is 27.3. The molecule has 0 saturated heterocycles. The van der Waals surface area contributed by atoms with Gasteiger partial charge in [0, 0.05) is 59.3 Å². The minimum Gasteiger partial charge on any atom is -0.385 e. The summed E-state index contributed by atoms with van der Waals surface area (Å²) in [5, 5.41) is 6.25. The van der Waals surface area contributed by atoms with E-state index in [2.05, 4.69) is 29.4 Å². The van der Waals surface area contributed by atoms with Crippen molar-refractivity contribution >= 4 is 11.8 Å². The third-order valence-corrected chi connectivity index (χ3v) is 10.8. The molecule has 0 aromatic carbocycles. The van der Waals surface area contributed by atoms with E-state index in [0.29, 0.717) is 32.5 Å². The van der Waals surface area contributed by atoms with Crippen LogP contribution in [0.2, 0.25) is 0 Å². The first kappa shape index (κ1) is 50.9. The lowest BCUT2D eigenvalue weighted by atomic mass is 10.0. The first-order chi connectivity index (χ1) is 25.6. The average molecular weight is 736 g/mol. The fourth-order valence-corrected chi connectivity index (χ4v) is 7.27. The molecule has 6 heteroatoms. The maximum atomic E-state index is 12.5. The Labute approximate surface area is 325 Å². The van der Waals surface area contributed by atoms with Crippen molar-refractivity contribution in [2.24, 2.45) is 0 Å². The minimum absolute atomic E-state index is 0.130. The van der Waals surface area contributed by atoms with Crippen molar-refractivity contribution in [1.82, 2.24) is 15.5 Å². The number of hydrogen-bond acceptors (Lipinski definition) is 4. The molecule has 2 N–H and O–H groups in total. The van der Waals surface area contributed by atoms with E-state index in [1.165, 1.54) is 193 Å². The summed E-state index contributed by atoms with van der Waals surface area (Å²) in [6.07, 6.45) is 45.5. The van der Waals surface area contributed by atoms with Crippen molar-refractivity contribution in [3.63, 3.8) is 0 Å². The highest BCUT2D eigenvalue weighted by Crippen LogP contribution is 2.15. The molecule has 0 unspecified atom stereocenters. The highest BCUT2D eigenvalue weighted by molar-refractivity contribution is 5.76. The van der Waals surface area contributed by atoms with E-state index < -0.39 is 0 Å². The predicted molar refractivity (Wildman–Crippen MR) is 227 cm³/mol. The van der Waals surface area contributed by atoms with Gasteiger partial charge >= 0.3 is 0 Å². The van der Waals surface area contributed by atoms with Crippen LogP contribution in [0.1, 0.15) is 239 Å². The molecule has 52 heavy (non-hydrogen) atoms. The van der Waals surface area contributed by atoms with Gasteiger partial charge in [0.1, 0.15) is 0 Å². The van der Waals surface area contributed by atoms with Gasteiger partial charge in [-0.25, -0.2) is 0 Å². The summed E-state index contributed by atoms with van der Waals surface area (Å²) in [6.45, 7) is 9.08. The number of methoxy groups -OCH3 is 1. The molecule has 0 fully saturated rings. The second-order valence-corrected chi connectivity index (χ2v) is 16.0. The lowest BCUT2D eigenvalue weighted by Gasteiger charge is -2.21.